The average molecular weight is 346 g/mol. The number of hydrogen-bond acceptors (Lipinski definition) is 4. The zero-order chi connectivity index (χ0) is 18.6. The van der Waals surface area contributed by atoms with Crippen LogP contribution in [0.15, 0.2) is 23.3 Å². The molecule has 2 fully saturated rings. The second-order valence-corrected chi connectivity index (χ2v) is 7.19. The number of hydrogen-bond donors (Lipinski definition) is 2. The molecule has 1 aliphatic carbocycles. The number of likely N-dealkylation sites (tertiary alicyclic amines) is 1. The third-order valence-corrected chi connectivity index (χ3v) is 4.79. The Labute approximate surface area is 149 Å². The minimum atomic E-state index is -0.120. The molecular weight excluding hydrogens is 316 g/mol. The van der Waals surface area contributed by atoms with E-state index in [0.29, 0.717) is 16.5 Å². The van der Waals surface area contributed by atoms with Crippen molar-refractivity contribution in [2.24, 2.45) is 18.9 Å². The summed E-state index contributed by atoms with van der Waals surface area (Å²) < 4.78 is 1.39. The van der Waals surface area contributed by atoms with E-state index in [0.717, 1.165) is 24.2 Å². The number of aldehydes is 1. The van der Waals surface area contributed by atoms with Gasteiger partial charge < -0.3 is 19.8 Å². The number of nitrogens with zero attached hydrogens (tertiary/aromatic N) is 2. The smallest absolute Gasteiger partial charge is 0.274 e. The zero-order valence-corrected chi connectivity index (χ0v) is 15.9. The highest BCUT2D eigenvalue weighted by Crippen LogP contribution is 2.45. The number of carbonyl (C=O) groups excluding carboxylic acids is 1. The predicted molar refractivity (Wildman–Crippen MR) is 102 cm³/mol. The van der Waals surface area contributed by atoms with Gasteiger partial charge in [-0.15, -0.1) is 0 Å². The van der Waals surface area contributed by atoms with E-state index in [-0.39, 0.29) is 5.56 Å². The first-order chi connectivity index (χ1) is 11.9. The molecular formula is C19H30N4O2. The number of aryl methyl sites for hydroxylation is 1. The SMILES string of the molecule is CC(C)N1CC2CC2C1.CNC.Cn1cc(C=O)c2cc[nH]c2c1=O. The molecule has 2 unspecified atom stereocenters. The molecule has 0 aromatic carbocycles. The number of piperidine rings is 1. The number of H-pyrrole nitrogens is 1. The molecule has 1 saturated carbocycles. The lowest BCUT2D eigenvalue weighted by atomic mass is 10.2. The number of fused-ring (bicyclic) bond motifs is 2. The van der Waals surface area contributed by atoms with Gasteiger partial charge in [0.05, 0.1) is 0 Å². The summed E-state index contributed by atoms with van der Waals surface area (Å²) in [5.74, 6) is 2.21. The van der Waals surface area contributed by atoms with E-state index in [1.807, 2.05) is 14.1 Å². The van der Waals surface area contributed by atoms with E-state index in [2.05, 4.69) is 29.0 Å². The van der Waals surface area contributed by atoms with Crippen LogP contribution in [0.3, 0.4) is 0 Å². The number of carbonyl (C=O) groups is 1. The summed E-state index contributed by atoms with van der Waals surface area (Å²) in [5, 5.41) is 3.43. The van der Waals surface area contributed by atoms with Gasteiger partial charge in [0.25, 0.3) is 5.56 Å². The van der Waals surface area contributed by atoms with Crippen molar-refractivity contribution < 1.29 is 4.79 Å². The Bertz CT molecular complexity index is 752. The minimum Gasteiger partial charge on any atom is -0.357 e. The summed E-state index contributed by atoms with van der Waals surface area (Å²) in [5.41, 5.74) is 0.885. The fraction of sp³-hybridized carbons (Fsp3) is 0.579. The molecule has 2 atom stereocenters. The molecule has 0 amide bonds. The number of rotatable bonds is 2. The van der Waals surface area contributed by atoms with Gasteiger partial charge >= 0.3 is 0 Å². The summed E-state index contributed by atoms with van der Waals surface area (Å²) >= 11 is 0. The van der Waals surface area contributed by atoms with Crippen molar-refractivity contribution in [3.8, 4) is 0 Å². The first kappa shape index (κ1) is 19.4. The number of pyridine rings is 1. The number of nitrogens with one attached hydrogen (secondary N) is 2. The van der Waals surface area contributed by atoms with Crippen molar-refractivity contribution in [2.45, 2.75) is 26.3 Å². The van der Waals surface area contributed by atoms with E-state index in [1.54, 1.807) is 19.3 Å². The molecule has 0 radical (unpaired) electrons. The normalized spacial score (nSPS) is 21.2. The maximum absolute atomic E-state index is 11.5. The molecule has 6 nitrogen and oxygen atoms in total. The summed E-state index contributed by atoms with van der Waals surface area (Å²) in [7, 11) is 5.37. The molecule has 1 aliphatic heterocycles. The molecule has 1 saturated heterocycles. The van der Waals surface area contributed by atoms with Gasteiger partial charge in [-0.1, -0.05) is 0 Å². The van der Waals surface area contributed by atoms with Crippen molar-refractivity contribution in [3.63, 3.8) is 0 Å². The Morgan fingerprint density at radius 1 is 1.28 bits per heavy atom. The van der Waals surface area contributed by atoms with Crippen LogP contribution in [0, 0.1) is 11.8 Å². The molecule has 0 spiro atoms. The zero-order valence-electron chi connectivity index (χ0n) is 15.9. The summed E-state index contributed by atoms with van der Waals surface area (Å²) in [6.45, 7) is 7.38. The van der Waals surface area contributed by atoms with E-state index in [4.69, 9.17) is 0 Å². The third kappa shape index (κ3) is 4.58. The van der Waals surface area contributed by atoms with Crippen LogP contribution in [-0.4, -0.2) is 54.0 Å². The van der Waals surface area contributed by atoms with Crippen LogP contribution < -0.4 is 10.9 Å². The van der Waals surface area contributed by atoms with Gasteiger partial charge in [-0.2, -0.15) is 0 Å². The molecule has 2 aliphatic rings. The highest BCUT2D eigenvalue weighted by atomic mass is 16.1. The van der Waals surface area contributed by atoms with Crippen LogP contribution in [0.4, 0.5) is 0 Å². The van der Waals surface area contributed by atoms with Crippen molar-refractivity contribution >= 4 is 17.2 Å². The first-order valence-electron chi connectivity index (χ1n) is 8.87. The van der Waals surface area contributed by atoms with Gasteiger partial charge in [0.15, 0.2) is 6.29 Å². The van der Waals surface area contributed by atoms with Crippen molar-refractivity contribution in [3.05, 3.63) is 34.4 Å². The molecule has 2 N–H and O–H groups in total. The van der Waals surface area contributed by atoms with Crippen LogP contribution in [0.5, 0.6) is 0 Å². The maximum Gasteiger partial charge on any atom is 0.274 e. The average Bonchev–Trinajstić information content (AvgIpc) is 3.01. The molecule has 6 heteroatoms. The molecule has 138 valence electrons. The lowest BCUT2D eigenvalue weighted by molar-refractivity contribution is 0.112. The van der Waals surface area contributed by atoms with Gasteiger partial charge in [0.2, 0.25) is 0 Å². The standard InChI is InChI=1S/C9H8N2O2.C8H15N.C2H7N/c1-11-4-6(5-12)7-2-3-10-8(7)9(11)13;1-6(2)9-4-7-3-8(7)5-9;1-3-2/h2-5,10H,1H3;6-8H,3-5H2,1-2H3;3H,1-2H3. The number of aromatic amines is 1. The first-order valence-corrected chi connectivity index (χ1v) is 8.87. The van der Waals surface area contributed by atoms with Gasteiger partial charge in [0, 0.05) is 49.5 Å². The largest absolute Gasteiger partial charge is 0.357 e. The Kier molecular flexibility index (Phi) is 6.56. The summed E-state index contributed by atoms with van der Waals surface area (Å²) in [4.78, 5) is 27.5. The van der Waals surface area contributed by atoms with Crippen LogP contribution in [0.25, 0.3) is 10.9 Å². The predicted octanol–water partition coefficient (Wildman–Crippen LogP) is 1.86. The highest BCUT2D eigenvalue weighted by molar-refractivity contribution is 5.95. The Balaban J connectivity index is 0.000000163. The summed E-state index contributed by atoms with van der Waals surface area (Å²) in [6.07, 6.45) is 5.46. The topological polar surface area (TPSA) is 70.1 Å². The lowest BCUT2D eigenvalue weighted by Gasteiger charge is -2.21. The monoisotopic (exact) mass is 346 g/mol. The Hall–Kier alpha value is -1.92. The second kappa shape index (κ2) is 8.45. The third-order valence-electron chi connectivity index (χ3n) is 4.79. The highest BCUT2D eigenvalue weighted by Gasteiger charge is 2.45. The van der Waals surface area contributed by atoms with Crippen LogP contribution in [-0.2, 0) is 7.05 Å². The molecule has 0 bridgehead atoms. The van der Waals surface area contributed by atoms with Crippen molar-refractivity contribution in [1.82, 2.24) is 19.8 Å². The van der Waals surface area contributed by atoms with Gasteiger partial charge in [0.1, 0.15) is 5.52 Å². The molecule has 2 aromatic rings. The van der Waals surface area contributed by atoms with Gasteiger partial charge in [-0.05, 0) is 52.3 Å². The Morgan fingerprint density at radius 2 is 1.88 bits per heavy atom. The van der Waals surface area contributed by atoms with Crippen LogP contribution in [0.2, 0.25) is 0 Å². The fourth-order valence-electron chi connectivity index (χ4n) is 3.25. The molecule has 3 heterocycles. The molecule has 2 aromatic heterocycles. The van der Waals surface area contributed by atoms with E-state index >= 15 is 0 Å². The quantitative estimate of drug-likeness (QED) is 0.815. The summed E-state index contributed by atoms with van der Waals surface area (Å²) in [6, 6.07) is 2.51. The minimum absolute atomic E-state index is 0.120. The molecule has 4 rings (SSSR count). The van der Waals surface area contributed by atoms with Gasteiger partial charge in [-0.25, -0.2) is 0 Å². The van der Waals surface area contributed by atoms with E-state index < -0.39 is 0 Å². The second-order valence-electron chi connectivity index (χ2n) is 7.19. The van der Waals surface area contributed by atoms with E-state index in [9.17, 15) is 9.59 Å². The van der Waals surface area contributed by atoms with E-state index in [1.165, 1.54) is 30.3 Å². The number of aromatic nitrogens is 2. The maximum atomic E-state index is 11.5. The van der Waals surface area contributed by atoms with Crippen LogP contribution in [0.1, 0.15) is 30.6 Å². The van der Waals surface area contributed by atoms with Crippen molar-refractivity contribution in [1.29, 1.82) is 0 Å². The fourth-order valence-corrected chi connectivity index (χ4v) is 3.25. The molecule has 25 heavy (non-hydrogen) atoms. The van der Waals surface area contributed by atoms with Gasteiger partial charge in [-0.3, -0.25) is 9.59 Å². The van der Waals surface area contributed by atoms with Crippen LogP contribution >= 0.6 is 0 Å². The van der Waals surface area contributed by atoms with Crippen molar-refractivity contribution in [2.75, 3.05) is 27.2 Å². The Morgan fingerprint density at radius 3 is 2.36 bits per heavy atom. The lowest BCUT2D eigenvalue weighted by Crippen LogP contribution is -2.29.